The third-order valence-electron chi connectivity index (χ3n) is 4.24. The molecule has 0 radical (unpaired) electrons. The van der Waals surface area contributed by atoms with Gasteiger partial charge in [-0.15, -0.1) is 0 Å². The quantitative estimate of drug-likeness (QED) is 0.691. The Bertz CT molecular complexity index is 918. The number of aromatic amines is 1. The van der Waals surface area contributed by atoms with Gasteiger partial charge in [0.05, 0.1) is 22.7 Å². The maximum Gasteiger partial charge on any atom is 0.178 e. The van der Waals surface area contributed by atoms with Crippen LogP contribution in [-0.4, -0.2) is 9.55 Å². The maximum absolute atomic E-state index is 9.11. The van der Waals surface area contributed by atoms with Crippen molar-refractivity contribution in [2.45, 2.75) is 18.9 Å². The van der Waals surface area contributed by atoms with Crippen molar-refractivity contribution in [3.8, 4) is 6.07 Å². The molecule has 0 unspecified atom stereocenters. The van der Waals surface area contributed by atoms with Crippen molar-refractivity contribution in [2.24, 2.45) is 0 Å². The first-order chi connectivity index (χ1) is 10.3. The van der Waals surface area contributed by atoms with E-state index in [-0.39, 0.29) is 0 Å². The summed E-state index contributed by atoms with van der Waals surface area (Å²) in [6.07, 6.45) is 1.99. The van der Waals surface area contributed by atoms with Crippen LogP contribution < -0.4 is 0 Å². The van der Waals surface area contributed by atoms with Gasteiger partial charge in [0.2, 0.25) is 0 Å². The summed E-state index contributed by atoms with van der Waals surface area (Å²) in [5, 5.41) is 9.11. The highest BCUT2D eigenvalue weighted by Crippen LogP contribution is 2.32. The fourth-order valence-electron chi connectivity index (χ4n) is 3.27. The van der Waals surface area contributed by atoms with Crippen molar-refractivity contribution in [1.82, 2.24) is 9.55 Å². The highest BCUT2D eigenvalue weighted by molar-refractivity contribution is 7.71. The number of nitrogens with zero attached hydrogens (tertiary/aromatic N) is 2. The van der Waals surface area contributed by atoms with E-state index in [4.69, 9.17) is 17.5 Å². The molecular formula is C17H13N3S. The maximum atomic E-state index is 9.11. The number of fused-ring (bicyclic) bond motifs is 2. The topological polar surface area (TPSA) is 44.5 Å². The lowest BCUT2D eigenvalue weighted by atomic mass is 10.1. The van der Waals surface area contributed by atoms with E-state index in [9.17, 15) is 0 Å². The molecule has 4 rings (SSSR count). The number of nitriles is 1. The molecule has 21 heavy (non-hydrogen) atoms. The molecule has 2 aromatic carbocycles. The van der Waals surface area contributed by atoms with Crippen molar-refractivity contribution < 1.29 is 0 Å². The highest BCUT2D eigenvalue weighted by Gasteiger charge is 2.24. The second kappa shape index (κ2) is 4.57. The van der Waals surface area contributed by atoms with Crippen LogP contribution in [-0.2, 0) is 12.8 Å². The van der Waals surface area contributed by atoms with Crippen LogP contribution in [0.4, 0.5) is 0 Å². The van der Waals surface area contributed by atoms with Gasteiger partial charge < -0.3 is 9.55 Å². The van der Waals surface area contributed by atoms with Gasteiger partial charge in [0.1, 0.15) is 0 Å². The van der Waals surface area contributed by atoms with Crippen LogP contribution in [0.15, 0.2) is 42.5 Å². The van der Waals surface area contributed by atoms with E-state index in [2.05, 4.69) is 39.9 Å². The second-order valence-corrected chi connectivity index (χ2v) is 5.86. The zero-order valence-corrected chi connectivity index (χ0v) is 12.2. The average molecular weight is 291 g/mol. The van der Waals surface area contributed by atoms with E-state index < -0.39 is 0 Å². The Hall–Kier alpha value is -2.38. The summed E-state index contributed by atoms with van der Waals surface area (Å²) in [6.45, 7) is 0. The number of nitrogens with one attached hydrogen (secondary N) is 1. The van der Waals surface area contributed by atoms with Crippen molar-refractivity contribution in [2.75, 3.05) is 0 Å². The van der Waals surface area contributed by atoms with Crippen molar-refractivity contribution in [3.05, 3.63) is 63.9 Å². The first kappa shape index (κ1) is 12.4. The van der Waals surface area contributed by atoms with Gasteiger partial charge in [-0.1, -0.05) is 24.3 Å². The summed E-state index contributed by atoms with van der Waals surface area (Å²) in [5.41, 5.74) is 5.48. The summed E-state index contributed by atoms with van der Waals surface area (Å²) in [7, 11) is 0. The van der Waals surface area contributed by atoms with E-state index in [1.807, 2.05) is 18.2 Å². The molecule has 0 spiro atoms. The van der Waals surface area contributed by atoms with Gasteiger partial charge in [0.25, 0.3) is 0 Å². The molecule has 0 amide bonds. The average Bonchev–Trinajstić information content (AvgIpc) is 3.05. The smallest absolute Gasteiger partial charge is 0.178 e. The largest absolute Gasteiger partial charge is 0.331 e. The van der Waals surface area contributed by atoms with Crippen LogP contribution in [0, 0.1) is 16.1 Å². The molecule has 1 aromatic heterocycles. The van der Waals surface area contributed by atoms with Gasteiger partial charge in [-0.25, -0.2) is 0 Å². The molecule has 0 bridgehead atoms. The Morgan fingerprint density at radius 2 is 1.86 bits per heavy atom. The Morgan fingerprint density at radius 3 is 2.52 bits per heavy atom. The predicted octanol–water partition coefficient (Wildman–Crippen LogP) is 3.91. The minimum absolute atomic E-state index is 0.331. The van der Waals surface area contributed by atoms with Crippen LogP contribution in [0.2, 0.25) is 0 Å². The minimum atomic E-state index is 0.331. The Kier molecular flexibility index (Phi) is 2.69. The first-order valence-electron chi connectivity index (χ1n) is 6.97. The van der Waals surface area contributed by atoms with E-state index in [1.54, 1.807) is 0 Å². The number of hydrogen-bond donors (Lipinski definition) is 1. The summed E-state index contributed by atoms with van der Waals surface area (Å²) in [6, 6.07) is 16.8. The fourth-order valence-corrected chi connectivity index (χ4v) is 3.63. The third-order valence-corrected chi connectivity index (χ3v) is 4.54. The number of H-pyrrole nitrogens is 1. The molecule has 0 saturated carbocycles. The zero-order valence-electron chi connectivity index (χ0n) is 11.3. The normalized spacial score (nSPS) is 14.2. The van der Waals surface area contributed by atoms with Gasteiger partial charge in [-0.2, -0.15) is 5.26 Å². The first-order valence-corrected chi connectivity index (χ1v) is 7.38. The molecule has 0 fully saturated rings. The zero-order chi connectivity index (χ0) is 14.4. The number of hydrogen-bond acceptors (Lipinski definition) is 2. The number of imidazole rings is 1. The van der Waals surface area contributed by atoms with Gasteiger partial charge in [0, 0.05) is 6.04 Å². The lowest BCUT2D eigenvalue weighted by Crippen LogP contribution is -2.09. The van der Waals surface area contributed by atoms with Crippen LogP contribution in [0.1, 0.15) is 22.7 Å². The third kappa shape index (κ3) is 1.90. The molecule has 0 atom stereocenters. The lowest BCUT2D eigenvalue weighted by molar-refractivity contribution is 0.537. The molecule has 102 valence electrons. The SMILES string of the molecule is N#Cc1ccc2[nH]c(=S)n(C3Cc4ccccc4C3)c2c1. The lowest BCUT2D eigenvalue weighted by Gasteiger charge is -2.12. The van der Waals surface area contributed by atoms with E-state index in [0.717, 1.165) is 28.6 Å². The number of rotatable bonds is 1. The van der Waals surface area contributed by atoms with E-state index in [0.29, 0.717) is 11.6 Å². The highest BCUT2D eigenvalue weighted by atomic mass is 32.1. The van der Waals surface area contributed by atoms with Crippen LogP contribution in [0.3, 0.4) is 0 Å². The van der Waals surface area contributed by atoms with E-state index in [1.165, 1.54) is 11.1 Å². The molecule has 0 saturated heterocycles. The Balaban J connectivity index is 1.87. The van der Waals surface area contributed by atoms with Crippen molar-refractivity contribution >= 4 is 23.3 Å². The minimum Gasteiger partial charge on any atom is -0.331 e. The summed E-state index contributed by atoms with van der Waals surface area (Å²) < 4.78 is 2.91. The van der Waals surface area contributed by atoms with Crippen molar-refractivity contribution in [1.29, 1.82) is 5.26 Å². The summed E-state index contributed by atoms with van der Waals surface area (Å²) >= 11 is 5.50. The van der Waals surface area contributed by atoms with E-state index >= 15 is 0 Å². The van der Waals surface area contributed by atoms with Crippen molar-refractivity contribution in [3.63, 3.8) is 0 Å². The molecule has 1 aliphatic carbocycles. The van der Waals surface area contributed by atoms with Gasteiger partial charge in [0.15, 0.2) is 4.77 Å². The second-order valence-electron chi connectivity index (χ2n) is 5.47. The number of benzene rings is 2. The molecule has 4 heteroatoms. The predicted molar refractivity (Wildman–Crippen MR) is 84.7 cm³/mol. The van der Waals surface area contributed by atoms with Crippen LogP contribution in [0.5, 0.6) is 0 Å². The van der Waals surface area contributed by atoms with Gasteiger partial charge in [-0.05, 0) is 54.4 Å². The summed E-state index contributed by atoms with van der Waals surface area (Å²) in [5.74, 6) is 0. The fraction of sp³-hybridized carbons (Fsp3) is 0.176. The molecule has 0 aliphatic heterocycles. The summed E-state index contributed by atoms with van der Waals surface area (Å²) in [4.78, 5) is 3.25. The Labute approximate surface area is 127 Å². The molecule has 3 aromatic rings. The van der Waals surface area contributed by atoms with Gasteiger partial charge >= 0.3 is 0 Å². The molecule has 1 N–H and O–H groups in total. The van der Waals surface area contributed by atoms with Crippen LogP contribution >= 0.6 is 12.2 Å². The monoisotopic (exact) mass is 291 g/mol. The molecule has 3 nitrogen and oxygen atoms in total. The van der Waals surface area contributed by atoms with Gasteiger partial charge in [-0.3, -0.25) is 0 Å². The van der Waals surface area contributed by atoms with Crippen LogP contribution in [0.25, 0.3) is 11.0 Å². The molecule has 1 heterocycles. The molecular weight excluding hydrogens is 278 g/mol. The standard InChI is InChI=1S/C17H13N3S/c18-10-11-5-6-15-16(7-11)20(17(21)19-15)14-8-12-3-1-2-4-13(12)9-14/h1-7,14H,8-9H2,(H,19,21). The Morgan fingerprint density at radius 1 is 1.14 bits per heavy atom. The molecule has 1 aliphatic rings. The number of aromatic nitrogens is 2.